The summed E-state index contributed by atoms with van der Waals surface area (Å²) in [5.41, 5.74) is -0.991. The summed E-state index contributed by atoms with van der Waals surface area (Å²) in [7, 11) is 0. The number of rotatable bonds is 1. The Balaban J connectivity index is 2.44. The fourth-order valence-corrected chi connectivity index (χ4v) is 1.86. The van der Waals surface area contributed by atoms with E-state index in [0.29, 0.717) is 12.8 Å². The van der Waals surface area contributed by atoms with Gasteiger partial charge in [0.1, 0.15) is 5.60 Å². The summed E-state index contributed by atoms with van der Waals surface area (Å²) < 4.78 is 5.32. The van der Waals surface area contributed by atoms with Crippen LogP contribution in [0.3, 0.4) is 0 Å². The monoisotopic (exact) mass is 214 g/mol. The van der Waals surface area contributed by atoms with E-state index >= 15 is 0 Å². The van der Waals surface area contributed by atoms with Gasteiger partial charge in [-0.2, -0.15) is 0 Å². The maximum absolute atomic E-state index is 11.7. The summed E-state index contributed by atoms with van der Waals surface area (Å²) >= 11 is 0. The van der Waals surface area contributed by atoms with Gasteiger partial charge in [0, 0.05) is 0 Å². The van der Waals surface area contributed by atoms with Gasteiger partial charge in [-0.25, -0.2) is 0 Å². The highest BCUT2D eigenvalue weighted by Gasteiger charge is 2.34. The maximum Gasteiger partial charge on any atom is 0.309 e. The molecule has 0 atom stereocenters. The maximum atomic E-state index is 11.7. The molecule has 0 aromatic carbocycles. The molecular formula is C12H22O3. The molecular weight excluding hydrogens is 192 g/mol. The third kappa shape index (κ3) is 4.20. The third-order valence-electron chi connectivity index (χ3n) is 2.80. The first kappa shape index (κ1) is 12.5. The molecule has 0 aliphatic heterocycles. The lowest BCUT2D eigenvalue weighted by Crippen LogP contribution is -2.36. The largest absolute Gasteiger partial charge is 0.460 e. The van der Waals surface area contributed by atoms with Crippen molar-refractivity contribution in [2.75, 3.05) is 0 Å². The smallest absolute Gasteiger partial charge is 0.309 e. The molecule has 1 N–H and O–H groups in total. The van der Waals surface area contributed by atoms with Crippen molar-refractivity contribution in [2.45, 2.75) is 64.6 Å². The zero-order valence-electron chi connectivity index (χ0n) is 10.2. The van der Waals surface area contributed by atoms with Crippen molar-refractivity contribution in [3.05, 3.63) is 0 Å². The molecule has 3 nitrogen and oxygen atoms in total. The summed E-state index contributed by atoms with van der Waals surface area (Å²) in [4.78, 5) is 11.7. The normalized spacial score (nSPS) is 32.5. The van der Waals surface area contributed by atoms with E-state index in [0.717, 1.165) is 12.8 Å². The molecule has 0 radical (unpaired) electrons. The number of ether oxygens (including phenoxy) is 1. The topological polar surface area (TPSA) is 46.5 Å². The van der Waals surface area contributed by atoms with Crippen molar-refractivity contribution in [2.24, 2.45) is 5.92 Å². The quantitative estimate of drug-likeness (QED) is 0.681. The number of carbonyl (C=O) groups excluding carboxylic acids is 1. The van der Waals surface area contributed by atoms with Crippen LogP contribution >= 0.6 is 0 Å². The number of hydrogen-bond acceptors (Lipinski definition) is 3. The Morgan fingerprint density at radius 1 is 1.33 bits per heavy atom. The summed E-state index contributed by atoms with van der Waals surface area (Å²) in [5, 5.41) is 9.75. The fraction of sp³-hybridized carbons (Fsp3) is 0.917. The lowest BCUT2D eigenvalue weighted by Gasteiger charge is -2.33. The van der Waals surface area contributed by atoms with Gasteiger partial charge in [0.05, 0.1) is 11.5 Å². The van der Waals surface area contributed by atoms with Crippen LogP contribution in [0.25, 0.3) is 0 Å². The van der Waals surface area contributed by atoms with Crippen LogP contribution in [0.4, 0.5) is 0 Å². The van der Waals surface area contributed by atoms with Crippen molar-refractivity contribution in [3.8, 4) is 0 Å². The van der Waals surface area contributed by atoms with Gasteiger partial charge >= 0.3 is 5.97 Å². The molecule has 1 fully saturated rings. The van der Waals surface area contributed by atoms with E-state index in [1.165, 1.54) is 0 Å². The van der Waals surface area contributed by atoms with Crippen molar-refractivity contribution < 1.29 is 14.6 Å². The van der Waals surface area contributed by atoms with E-state index in [1.54, 1.807) is 0 Å². The standard InChI is InChI=1S/C12H22O3/c1-11(2,3)15-10(13)9-5-7-12(4,14)8-6-9/h9,14H,5-8H2,1-4H3/t9-,12+. The Morgan fingerprint density at radius 2 is 1.80 bits per heavy atom. The molecule has 15 heavy (non-hydrogen) atoms. The minimum Gasteiger partial charge on any atom is -0.460 e. The highest BCUT2D eigenvalue weighted by Crippen LogP contribution is 2.32. The van der Waals surface area contributed by atoms with Crippen LogP contribution in [0.2, 0.25) is 0 Å². The number of carbonyl (C=O) groups is 1. The van der Waals surface area contributed by atoms with Crippen LogP contribution in [-0.2, 0) is 9.53 Å². The van der Waals surface area contributed by atoms with Crippen molar-refractivity contribution >= 4 is 5.97 Å². The first-order chi connectivity index (χ1) is 6.70. The van der Waals surface area contributed by atoms with E-state index in [9.17, 15) is 9.90 Å². The number of hydrogen-bond donors (Lipinski definition) is 1. The van der Waals surface area contributed by atoms with Gasteiger partial charge in [-0.3, -0.25) is 4.79 Å². The summed E-state index contributed by atoms with van der Waals surface area (Å²) in [5.74, 6) is -0.137. The minimum atomic E-state index is -0.585. The first-order valence-corrected chi connectivity index (χ1v) is 5.65. The summed E-state index contributed by atoms with van der Waals surface area (Å²) in [6, 6.07) is 0. The first-order valence-electron chi connectivity index (χ1n) is 5.65. The van der Waals surface area contributed by atoms with Crippen molar-refractivity contribution in [3.63, 3.8) is 0 Å². The van der Waals surface area contributed by atoms with Gasteiger partial charge in [-0.1, -0.05) is 0 Å². The summed E-state index contributed by atoms with van der Waals surface area (Å²) in [6.07, 6.45) is 2.86. The van der Waals surface area contributed by atoms with Crippen LogP contribution in [0.1, 0.15) is 53.4 Å². The Kier molecular flexibility index (Phi) is 3.44. The zero-order chi connectivity index (χ0) is 11.7. The predicted octanol–water partition coefficient (Wildman–Crippen LogP) is 2.27. The van der Waals surface area contributed by atoms with Gasteiger partial charge in [0.2, 0.25) is 0 Å². The van der Waals surface area contributed by atoms with Gasteiger partial charge in [0.15, 0.2) is 0 Å². The van der Waals surface area contributed by atoms with E-state index in [4.69, 9.17) is 4.74 Å². The molecule has 0 aromatic heterocycles. The van der Waals surface area contributed by atoms with E-state index in [-0.39, 0.29) is 11.9 Å². The second kappa shape index (κ2) is 4.12. The van der Waals surface area contributed by atoms with Crippen molar-refractivity contribution in [1.82, 2.24) is 0 Å². The summed E-state index contributed by atoms with van der Waals surface area (Å²) in [6.45, 7) is 7.47. The van der Waals surface area contributed by atoms with E-state index < -0.39 is 11.2 Å². The van der Waals surface area contributed by atoms with E-state index in [1.807, 2.05) is 27.7 Å². The average Bonchev–Trinajstić information content (AvgIpc) is 2.00. The molecule has 0 bridgehead atoms. The molecule has 0 unspecified atom stereocenters. The molecule has 1 aliphatic carbocycles. The minimum absolute atomic E-state index is 0.0237. The molecule has 1 saturated carbocycles. The molecule has 0 saturated heterocycles. The van der Waals surface area contributed by atoms with Gasteiger partial charge in [-0.05, 0) is 53.4 Å². The molecule has 0 aromatic rings. The van der Waals surface area contributed by atoms with Gasteiger partial charge in [-0.15, -0.1) is 0 Å². The molecule has 3 heteroatoms. The van der Waals surface area contributed by atoms with E-state index in [2.05, 4.69) is 0 Å². The lowest BCUT2D eigenvalue weighted by atomic mass is 9.80. The predicted molar refractivity (Wildman–Crippen MR) is 58.4 cm³/mol. The van der Waals surface area contributed by atoms with Crippen LogP contribution in [0.5, 0.6) is 0 Å². The molecule has 1 aliphatic rings. The molecule has 1 rings (SSSR count). The number of aliphatic hydroxyl groups is 1. The molecule has 88 valence electrons. The van der Waals surface area contributed by atoms with Gasteiger partial charge in [0.25, 0.3) is 0 Å². The zero-order valence-corrected chi connectivity index (χ0v) is 10.2. The highest BCUT2D eigenvalue weighted by atomic mass is 16.6. The Morgan fingerprint density at radius 3 is 2.20 bits per heavy atom. The van der Waals surface area contributed by atoms with Crippen LogP contribution in [-0.4, -0.2) is 22.3 Å². The third-order valence-corrected chi connectivity index (χ3v) is 2.80. The van der Waals surface area contributed by atoms with Gasteiger partial charge < -0.3 is 9.84 Å². The van der Waals surface area contributed by atoms with Crippen LogP contribution in [0.15, 0.2) is 0 Å². The fourth-order valence-electron chi connectivity index (χ4n) is 1.86. The van der Waals surface area contributed by atoms with Crippen LogP contribution < -0.4 is 0 Å². The van der Waals surface area contributed by atoms with Crippen molar-refractivity contribution in [1.29, 1.82) is 0 Å². The number of esters is 1. The molecule has 0 amide bonds. The highest BCUT2D eigenvalue weighted by molar-refractivity contribution is 5.73. The molecule has 0 spiro atoms. The Hall–Kier alpha value is -0.570. The Bertz CT molecular complexity index is 228. The van der Waals surface area contributed by atoms with Crippen LogP contribution in [0, 0.1) is 5.92 Å². The SMILES string of the molecule is CC(C)(C)OC(=O)[C@H]1CC[C@@](C)(O)CC1. The molecule has 0 heterocycles. The lowest BCUT2D eigenvalue weighted by molar-refractivity contribution is -0.162. The second-order valence-corrected chi connectivity index (χ2v) is 5.80. The average molecular weight is 214 g/mol. The Labute approximate surface area is 91.8 Å². The second-order valence-electron chi connectivity index (χ2n) is 5.80.